The maximum Gasteiger partial charge on any atom is 0.231 e. The van der Waals surface area contributed by atoms with Crippen LogP contribution >= 0.6 is 11.6 Å². The Hall–Kier alpha value is -1.88. The lowest BCUT2D eigenvalue weighted by molar-refractivity contribution is -0.133. The van der Waals surface area contributed by atoms with E-state index in [2.05, 4.69) is 10.1 Å². The number of hydrogen-bond donors (Lipinski definition) is 0. The lowest BCUT2D eigenvalue weighted by atomic mass is 9.97. The molecule has 1 atom stereocenters. The number of piperidine rings is 1. The average Bonchev–Trinajstić information content (AvgIpc) is 3.06. The summed E-state index contributed by atoms with van der Waals surface area (Å²) in [7, 11) is 0. The van der Waals surface area contributed by atoms with E-state index in [1.54, 1.807) is 0 Å². The van der Waals surface area contributed by atoms with Gasteiger partial charge in [0.05, 0.1) is 5.92 Å². The molecule has 24 heavy (non-hydrogen) atoms. The van der Waals surface area contributed by atoms with E-state index >= 15 is 0 Å². The van der Waals surface area contributed by atoms with Gasteiger partial charge in [0, 0.05) is 30.5 Å². The highest BCUT2D eigenvalue weighted by molar-refractivity contribution is 6.30. The van der Waals surface area contributed by atoms with Gasteiger partial charge >= 0.3 is 0 Å². The van der Waals surface area contributed by atoms with Crippen molar-refractivity contribution in [1.29, 1.82) is 0 Å². The maximum absolute atomic E-state index is 12.2. The lowest BCUT2D eigenvalue weighted by Gasteiger charge is -2.31. The molecule has 0 aliphatic carbocycles. The van der Waals surface area contributed by atoms with Crippen LogP contribution in [-0.4, -0.2) is 34.0 Å². The van der Waals surface area contributed by atoms with Gasteiger partial charge < -0.3 is 9.42 Å². The molecule has 2 aromatic rings. The van der Waals surface area contributed by atoms with Gasteiger partial charge in [0.25, 0.3) is 0 Å². The molecule has 1 amide bonds. The molecule has 0 bridgehead atoms. The van der Waals surface area contributed by atoms with Gasteiger partial charge in [0.1, 0.15) is 0 Å². The van der Waals surface area contributed by atoms with E-state index in [9.17, 15) is 4.79 Å². The van der Waals surface area contributed by atoms with Crippen molar-refractivity contribution in [3.05, 3.63) is 46.6 Å². The Morgan fingerprint density at radius 2 is 2.08 bits per heavy atom. The number of amides is 1. The minimum absolute atomic E-state index is 0.132. The number of benzene rings is 1. The summed E-state index contributed by atoms with van der Waals surface area (Å²) < 4.78 is 5.41. The molecular weight excluding hydrogens is 326 g/mol. The second-order valence-electron chi connectivity index (χ2n) is 6.60. The molecule has 1 aliphatic rings. The summed E-state index contributed by atoms with van der Waals surface area (Å²) in [5.41, 5.74) is 1.18. The van der Waals surface area contributed by atoms with Crippen molar-refractivity contribution in [3.8, 4) is 0 Å². The zero-order valence-corrected chi connectivity index (χ0v) is 14.8. The van der Waals surface area contributed by atoms with Gasteiger partial charge in [-0.3, -0.25) is 4.79 Å². The zero-order valence-electron chi connectivity index (χ0n) is 14.0. The van der Waals surface area contributed by atoms with E-state index in [-0.39, 0.29) is 17.7 Å². The van der Waals surface area contributed by atoms with Crippen LogP contribution in [0.3, 0.4) is 0 Å². The number of aromatic nitrogens is 2. The van der Waals surface area contributed by atoms with E-state index in [1.807, 2.05) is 43.0 Å². The van der Waals surface area contributed by atoms with Gasteiger partial charge in [-0.2, -0.15) is 4.98 Å². The summed E-state index contributed by atoms with van der Waals surface area (Å²) >= 11 is 5.91. The fourth-order valence-corrected chi connectivity index (χ4v) is 3.02. The van der Waals surface area contributed by atoms with Crippen molar-refractivity contribution in [2.45, 2.75) is 44.9 Å². The van der Waals surface area contributed by atoms with Gasteiger partial charge in [-0.25, -0.2) is 0 Å². The summed E-state index contributed by atoms with van der Waals surface area (Å²) in [6.45, 7) is 5.42. The first-order valence-corrected chi connectivity index (χ1v) is 8.76. The molecule has 1 aromatic heterocycles. The standard InChI is InChI=1S/C18H22ClN3O2/c1-12(2)17-20-18(24-21-17)14-5-8-16(23)22(11-14)10-9-13-3-6-15(19)7-4-13/h3-4,6-7,12,14H,5,8-11H2,1-2H3/t14-/m0/s1. The highest BCUT2D eigenvalue weighted by Gasteiger charge is 2.30. The summed E-state index contributed by atoms with van der Waals surface area (Å²) in [6, 6.07) is 7.76. The average molecular weight is 348 g/mol. The molecule has 128 valence electrons. The van der Waals surface area contributed by atoms with E-state index in [0.717, 1.165) is 23.7 Å². The highest BCUT2D eigenvalue weighted by atomic mass is 35.5. The predicted octanol–water partition coefficient (Wildman–Crippen LogP) is 3.80. The fourth-order valence-electron chi connectivity index (χ4n) is 2.90. The molecule has 6 heteroatoms. The van der Waals surface area contributed by atoms with Gasteiger partial charge in [0.2, 0.25) is 11.8 Å². The van der Waals surface area contributed by atoms with Crippen molar-refractivity contribution in [2.24, 2.45) is 0 Å². The topological polar surface area (TPSA) is 59.2 Å². The Kier molecular flexibility index (Phi) is 5.19. The molecule has 1 aromatic carbocycles. The summed E-state index contributed by atoms with van der Waals surface area (Å²) in [5, 5.41) is 4.76. The molecule has 0 saturated carbocycles. The number of nitrogens with zero attached hydrogens (tertiary/aromatic N) is 3. The van der Waals surface area contributed by atoms with Crippen molar-refractivity contribution >= 4 is 17.5 Å². The third kappa shape index (κ3) is 3.96. The normalized spacial score (nSPS) is 18.4. The van der Waals surface area contributed by atoms with E-state index in [0.29, 0.717) is 25.4 Å². The molecule has 2 heterocycles. The quantitative estimate of drug-likeness (QED) is 0.825. The van der Waals surface area contributed by atoms with Crippen molar-refractivity contribution in [3.63, 3.8) is 0 Å². The van der Waals surface area contributed by atoms with Gasteiger partial charge in [-0.05, 0) is 30.5 Å². The van der Waals surface area contributed by atoms with Crippen LogP contribution in [0.5, 0.6) is 0 Å². The molecule has 5 nitrogen and oxygen atoms in total. The largest absolute Gasteiger partial charge is 0.342 e. The third-order valence-electron chi connectivity index (χ3n) is 4.41. The van der Waals surface area contributed by atoms with Gasteiger partial charge in [-0.1, -0.05) is 42.7 Å². The van der Waals surface area contributed by atoms with E-state index in [4.69, 9.17) is 16.1 Å². The van der Waals surface area contributed by atoms with Crippen molar-refractivity contribution in [1.82, 2.24) is 15.0 Å². The molecule has 3 rings (SSSR count). The Bertz CT molecular complexity index is 697. The highest BCUT2D eigenvalue weighted by Crippen LogP contribution is 2.27. The number of rotatable bonds is 5. The third-order valence-corrected chi connectivity index (χ3v) is 4.66. The molecule has 0 N–H and O–H groups in total. The molecule has 1 fully saturated rings. The Labute approximate surface area is 147 Å². The summed E-state index contributed by atoms with van der Waals surface area (Å²) in [4.78, 5) is 18.6. The minimum atomic E-state index is 0.132. The van der Waals surface area contributed by atoms with Crippen LogP contribution in [0, 0.1) is 0 Å². The molecule has 1 saturated heterocycles. The van der Waals surface area contributed by atoms with Crippen molar-refractivity contribution in [2.75, 3.05) is 13.1 Å². The Balaban J connectivity index is 1.62. The number of halogens is 1. The van der Waals surface area contributed by atoms with Crippen molar-refractivity contribution < 1.29 is 9.32 Å². The lowest BCUT2D eigenvalue weighted by Crippen LogP contribution is -2.40. The van der Waals surface area contributed by atoms with Crippen LogP contribution in [0.4, 0.5) is 0 Å². The summed E-state index contributed by atoms with van der Waals surface area (Å²) in [6.07, 6.45) is 2.12. The first-order chi connectivity index (χ1) is 11.5. The first-order valence-electron chi connectivity index (χ1n) is 8.38. The second kappa shape index (κ2) is 7.34. The monoisotopic (exact) mass is 347 g/mol. The SMILES string of the molecule is CC(C)c1noc([C@H]2CCC(=O)N(CCc3ccc(Cl)cc3)C2)n1. The first kappa shape index (κ1) is 17.0. The number of hydrogen-bond acceptors (Lipinski definition) is 4. The molecule has 0 radical (unpaired) electrons. The van der Waals surface area contributed by atoms with Crippen LogP contribution in [0.1, 0.15) is 55.8 Å². The molecule has 0 spiro atoms. The number of carbonyl (C=O) groups excluding carboxylic acids is 1. The minimum Gasteiger partial charge on any atom is -0.342 e. The van der Waals surface area contributed by atoms with Crippen LogP contribution in [0.15, 0.2) is 28.8 Å². The zero-order chi connectivity index (χ0) is 17.1. The molecule has 0 unspecified atom stereocenters. The van der Waals surface area contributed by atoms with Gasteiger partial charge in [0.15, 0.2) is 5.82 Å². The fraction of sp³-hybridized carbons (Fsp3) is 0.500. The van der Waals surface area contributed by atoms with Gasteiger partial charge in [-0.15, -0.1) is 0 Å². The van der Waals surface area contributed by atoms with Crippen LogP contribution in [0.25, 0.3) is 0 Å². The predicted molar refractivity (Wildman–Crippen MR) is 92.1 cm³/mol. The second-order valence-corrected chi connectivity index (χ2v) is 7.03. The Morgan fingerprint density at radius 1 is 1.33 bits per heavy atom. The van der Waals surface area contributed by atoms with E-state index < -0.39 is 0 Å². The summed E-state index contributed by atoms with van der Waals surface area (Å²) in [5.74, 6) is 1.96. The Morgan fingerprint density at radius 3 is 2.75 bits per heavy atom. The number of carbonyl (C=O) groups is 1. The number of likely N-dealkylation sites (tertiary alicyclic amines) is 1. The smallest absolute Gasteiger partial charge is 0.231 e. The van der Waals surface area contributed by atoms with Crippen LogP contribution in [-0.2, 0) is 11.2 Å². The van der Waals surface area contributed by atoms with E-state index in [1.165, 1.54) is 5.56 Å². The van der Waals surface area contributed by atoms with Crippen LogP contribution in [0.2, 0.25) is 5.02 Å². The maximum atomic E-state index is 12.2. The molecular formula is C18H22ClN3O2. The molecule has 1 aliphatic heterocycles. The van der Waals surface area contributed by atoms with Crippen LogP contribution < -0.4 is 0 Å².